The van der Waals surface area contributed by atoms with Crippen molar-refractivity contribution in [3.63, 3.8) is 0 Å². The van der Waals surface area contributed by atoms with E-state index in [0.29, 0.717) is 12.8 Å². The van der Waals surface area contributed by atoms with Gasteiger partial charge in [0.15, 0.2) is 0 Å². The number of nitrogens with two attached hydrogens (primary N) is 1. The number of benzene rings is 2. The summed E-state index contributed by atoms with van der Waals surface area (Å²) < 4.78 is 1.05. The molecule has 0 aliphatic heterocycles. The van der Waals surface area contributed by atoms with E-state index in [-0.39, 0.29) is 6.04 Å². The van der Waals surface area contributed by atoms with E-state index in [0.717, 1.165) is 21.2 Å². The van der Waals surface area contributed by atoms with Gasteiger partial charge < -0.3 is 10.8 Å². The third kappa shape index (κ3) is 2.34. The third-order valence-electron chi connectivity index (χ3n) is 3.83. The van der Waals surface area contributed by atoms with Gasteiger partial charge in [-0.3, -0.25) is 0 Å². The first kappa shape index (κ1) is 12.9. The second-order valence-corrected chi connectivity index (χ2v) is 6.15. The normalized spacial score (nSPS) is 25.3. The topological polar surface area (TPSA) is 46.2 Å². The van der Waals surface area contributed by atoms with E-state index in [1.165, 1.54) is 0 Å². The average Bonchev–Trinajstić information content (AvgIpc) is 2.65. The van der Waals surface area contributed by atoms with Crippen molar-refractivity contribution in [1.29, 1.82) is 0 Å². The number of rotatable bonds is 2. The average molecular weight is 318 g/mol. The highest BCUT2D eigenvalue weighted by molar-refractivity contribution is 9.10. The van der Waals surface area contributed by atoms with E-state index < -0.39 is 5.60 Å². The Hall–Kier alpha value is -1.16. The van der Waals surface area contributed by atoms with Crippen molar-refractivity contribution in [1.82, 2.24) is 0 Å². The van der Waals surface area contributed by atoms with Crippen LogP contribution < -0.4 is 5.73 Å². The Morgan fingerprint density at radius 3 is 2.58 bits per heavy atom. The van der Waals surface area contributed by atoms with Crippen molar-refractivity contribution in [3.8, 4) is 0 Å². The molecule has 3 heteroatoms. The van der Waals surface area contributed by atoms with Gasteiger partial charge in [0.1, 0.15) is 0 Å². The highest BCUT2D eigenvalue weighted by Crippen LogP contribution is 2.43. The molecule has 98 valence electrons. The molecule has 0 aromatic heterocycles. The van der Waals surface area contributed by atoms with E-state index in [4.69, 9.17) is 5.73 Å². The summed E-state index contributed by atoms with van der Waals surface area (Å²) in [5.41, 5.74) is 8.46. The number of hydrogen-bond donors (Lipinski definition) is 2. The lowest BCUT2D eigenvalue weighted by Crippen LogP contribution is -2.26. The molecule has 1 aliphatic carbocycles. The summed E-state index contributed by atoms with van der Waals surface area (Å²) in [7, 11) is 0. The van der Waals surface area contributed by atoms with Gasteiger partial charge in [-0.1, -0.05) is 52.3 Å². The molecule has 0 radical (unpaired) electrons. The SMILES string of the molecule is NC1CC(O)(Cc2ccc(Br)cc2)c2ccccc21. The van der Waals surface area contributed by atoms with Gasteiger partial charge in [0.2, 0.25) is 0 Å². The van der Waals surface area contributed by atoms with E-state index in [9.17, 15) is 5.11 Å². The van der Waals surface area contributed by atoms with Gasteiger partial charge in [0, 0.05) is 16.9 Å². The number of fused-ring (bicyclic) bond motifs is 1. The molecule has 0 heterocycles. The maximum atomic E-state index is 10.9. The van der Waals surface area contributed by atoms with Gasteiger partial charge in [-0.25, -0.2) is 0 Å². The fourth-order valence-electron chi connectivity index (χ4n) is 2.94. The van der Waals surface area contributed by atoms with E-state index in [1.54, 1.807) is 0 Å². The van der Waals surface area contributed by atoms with Crippen LogP contribution in [0, 0.1) is 0 Å². The summed E-state index contributed by atoms with van der Waals surface area (Å²) in [6.45, 7) is 0. The molecular weight excluding hydrogens is 302 g/mol. The van der Waals surface area contributed by atoms with Crippen LogP contribution in [0.2, 0.25) is 0 Å². The summed E-state index contributed by atoms with van der Waals surface area (Å²) in [6.07, 6.45) is 1.19. The van der Waals surface area contributed by atoms with Crippen LogP contribution in [0.15, 0.2) is 53.0 Å². The van der Waals surface area contributed by atoms with Crippen molar-refractivity contribution in [3.05, 3.63) is 69.7 Å². The van der Waals surface area contributed by atoms with E-state index in [1.807, 2.05) is 48.5 Å². The molecule has 3 rings (SSSR count). The predicted octanol–water partition coefficient (Wildman–Crippen LogP) is 3.28. The van der Waals surface area contributed by atoms with Crippen molar-refractivity contribution in [2.24, 2.45) is 5.73 Å². The van der Waals surface area contributed by atoms with Crippen molar-refractivity contribution in [2.45, 2.75) is 24.5 Å². The lowest BCUT2D eigenvalue weighted by molar-refractivity contribution is 0.0342. The van der Waals surface area contributed by atoms with Gasteiger partial charge >= 0.3 is 0 Å². The molecule has 2 atom stereocenters. The first-order valence-corrected chi connectivity index (χ1v) is 7.20. The zero-order chi connectivity index (χ0) is 13.5. The summed E-state index contributed by atoms with van der Waals surface area (Å²) in [6, 6.07) is 15.9. The van der Waals surface area contributed by atoms with Gasteiger partial charge in [0.05, 0.1) is 5.60 Å². The maximum absolute atomic E-state index is 10.9. The molecule has 0 saturated heterocycles. The van der Waals surface area contributed by atoms with Crippen molar-refractivity contribution in [2.75, 3.05) is 0 Å². The Labute approximate surface area is 121 Å². The van der Waals surface area contributed by atoms with Crippen LogP contribution in [0.4, 0.5) is 0 Å². The van der Waals surface area contributed by atoms with Gasteiger partial charge in [0.25, 0.3) is 0 Å². The van der Waals surface area contributed by atoms with E-state index in [2.05, 4.69) is 15.9 Å². The molecule has 2 aromatic rings. The molecule has 0 spiro atoms. The minimum atomic E-state index is -0.843. The molecule has 19 heavy (non-hydrogen) atoms. The Kier molecular flexibility index (Phi) is 3.21. The second-order valence-electron chi connectivity index (χ2n) is 5.23. The van der Waals surface area contributed by atoms with Crippen molar-refractivity contribution >= 4 is 15.9 Å². The van der Waals surface area contributed by atoms with Crippen LogP contribution in [0.3, 0.4) is 0 Å². The number of hydrogen-bond acceptors (Lipinski definition) is 2. The minimum Gasteiger partial charge on any atom is -0.385 e. The first-order valence-electron chi connectivity index (χ1n) is 6.40. The standard InChI is InChI=1S/C16H16BrNO/c17-12-7-5-11(6-8-12)9-16(19)10-15(18)13-3-1-2-4-14(13)16/h1-8,15,19H,9-10,18H2. The molecule has 2 aromatic carbocycles. The quantitative estimate of drug-likeness (QED) is 0.892. The summed E-state index contributed by atoms with van der Waals surface area (Å²) in [5.74, 6) is 0. The number of aliphatic hydroxyl groups is 1. The van der Waals surface area contributed by atoms with Crippen LogP contribution in [-0.4, -0.2) is 5.11 Å². The lowest BCUT2D eigenvalue weighted by Gasteiger charge is -2.24. The first-order chi connectivity index (χ1) is 9.08. The molecular formula is C16H16BrNO. The second kappa shape index (κ2) is 4.75. The highest BCUT2D eigenvalue weighted by atomic mass is 79.9. The molecule has 1 aliphatic rings. The molecule has 2 unspecified atom stereocenters. The molecule has 0 saturated carbocycles. The number of halogens is 1. The molecule has 3 N–H and O–H groups in total. The van der Waals surface area contributed by atoms with Crippen LogP contribution in [0.25, 0.3) is 0 Å². The zero-order valence-corrected chi connectivity index (χ0v) is 12.1. The molecule has 0 bridgehead atoms. The van der Waals surface area contributed by atoms with Gasteiger partial charge in [-0.2, -0.15) is 0 Å². The predicted molar refractivity (Wildman–Crippen MR) is 79.7 cm³/mol. The Morgan fingerprint density at radius 2 is 1.84 bits per heavy atom. The van der Waals surface area contributed by atoms with Gasteiger partial charge in [-0.15, -0.1) is 0 Å². The fourth-order valence-corrected chi connectivity index (χ4v) is 3.20. The summed E-state index contributed by atoms with van der Waals surface area (Å²) in [5, 5.41) is 10.9. The minimum absolute atomic E-state index is 0.0725. The zero-order valence-electron chi connectivity index (χ0n) is 10.5. The Morgan fingerprint density at radius 1 is 1.16 bits per heavy atom. The van der Waals surface area contributed by atoms with Crippen LogP contribution in [0.1, 0.15) is 29.2 Å². The summed E-state index contributed by atoms with van der Waals surface area (Å²) in [4.78, 5) is 0. The third-order valence-corrected chi connectivity index (χ3v) is 4.36. The fraction of sp³-hybridized carbons (Fsp3) is 0.250. The lowest BCUT2D eigenvalue weighted by atomic mass is 9.89. The van der Waals surface area contributed by atoms with E-state index >= 15 is 0 Å². The van der Waals surface area contributed by atoms with Crippen LogP contribution >= 0.6 is 15.9 Å². The molecule has 2 nitrogen and oxygen atoms in total. The van der Waals surface area contributed by atoms with Gasteiger partial charge in [-0.05, 0) is 35.2 Å². The van der Waals surface area contributed by atoms with Crippen LogP contribution in [0.5, 0.6) is 0 Å². The molecule has 0 amide bonds. The largest absolute Gasteiger partial charge is 0.385 e. The Balaban J connectivity index is 1.94. The highest BCUT2D eigenvalue weighted by Gasteiger charge is 2.40. The molecule has 0 fully saturated rings. The monoisotopic (exact) mass is 317 g/mol. The van der Waals surface area contributed by atoms with Crippen molar-refractivity contribution < 1.29 is 5.11 Å². The van der Waals surface area contributed by atoms with Crippen LogP contribution in [-0.2, 0) is 12.0 Å². The smallest absolute Gasteiger partial charge is 0.0958 e. The maximum Gasteiger partial charge on any atom is 0.0958 e. The summed E-state index contributed by atoms with van der Waals surface area (Å²) >= 11 is 3.42. The Bertz CT molecular complexity index is 596.